The number of ether oxygens (including phenoxy) is 1. The highest BCUT2D eigenvalue weighted by molar-refractivity contribution is 5.78. The molecule has 1 rings (SSSR count). The fraction of sp³-hybridized carbons (Fsp3) is 0.562. The van der Waals surface area contributed by atoms with Crippen LogP contribution in [0.4, 0.5) is 0 Å². The van der Waals surface area contributed by atoms with E-state index in [9.17, 15) is 9.90 Å². The van der Waals surface area contributed by atoms with Crippen LogP contribution in [0.1, 0.15) is 37.5 Å². The van der Waals surface area contributed by atoms with Gasteiger partial charge in [-0.05, 0) is 64.3 Å². The number of aryl methyl sites for hydroxylation is 2. The second kappa shape index (κ2) is 6.27. The minimum atomic E-state index is -1.10. The summed E-state index contributed by atoms with van der Waals surface area (Å²) in [6, 6.07) is 4.10. The standard InChI is InChI=1S/C16H25NO3/c1-10(2)17-16(6,15(18)19)9-20-14-8-11(3)7-12(4)13(14)5/h7-8,10,17H,9H2,1-6H3,(H,18,19). The van der Waals surface area contributed by atoms with E-state index < -0.39 is 11.5 Å². The quantitative estimate of drug-likeness (QED) is 0.840. The molecule has 0 saturated heterocycles. The summed E-state index contributed by atoms with van der Waals surface area (Å²) in [5.74, 6) is -0.159. The molecule has 0 saturated carbocycles. The summed E-state index contributed by atoms with van der Waals surface area (Å²) in [4.78, 5) is 11.5. The molecule has 0 heterocycles. The molecule has 112 valence electrons. The minimum Gasteiger partial charge on any atom is -0.491 e. The average Bonchev–Trinajstić information content (AvgIpc) is 2.30. The molecule has 0 amide bonds. The molecule has 2 N–H and O–H groups in total. The SMILES string of the molecule is Cc1cc(C)c(C)c(OCC(C)(NC(C)C)C(=O)O)c1. The third-order valence-corrected chi connectivity index (χ3v) is 3.36. The largest absolute Gasteiger partial charge is 0.491 e. The van der Waals surface area contributed by atoms with Crippen molar-refractivity contribution in [1.29, 1.82) is 0 Å². The van der Waals surface area contributed by atoms with Gasteiger partial charge in [-0.3, -0.25) is 10.1 Å². The Labute approximate surface area is 121 Å². The zero-order valence-electron chi connectivity index (χ0n) is 13.2. The van der Waals surface area contributed by atoms with Gasteiger partial charge in [0, 0.05) is 6.04 Å². The maximum absolute atomic E-state index is 11.5. The Bertz CT molecular complexity index is 497. The van der Waals surface area contributed by atoms with E-state index in [2.05, 4.69) is 11.4 Å². The van der Waals surface area contributed by atoms with Gasteiger partial charge in [0.25, 0.3) is 0 Å². The first kappa shape index (κ1) is 16.5. The van der Waals surface area contributed by atoms with E-state index in [4.69, 9.17) is 4.74 Å². The van der Waals surface area contributed by atoms with Crippen LogP contribution in [0.3, 0.4) is 0 Å². The van der Waals surface area contributed by atoms with Gasteiger partial charge < -0.3 is 9.84 Å². The molecular weight excluding hydrogens is 254 g/mol. The third kappa shape index (κ3) is 3.97. The van der Waals surface area contributed by atoms with Crippen molar-refractivity contribution in [2.75, 3.05) is 6.61 Å². The number of nitrogens with one attached hydrogen (secondary N) is 1. The number of carboxylic acids is 1. The predicted molar refractivity (Wildman–Crippen MR) is 80.5 cm³/mol. The first-order valence-electron chi connectivity index (χ1n) is 6.87. The van der Waals surface area contributed by atoms with E-state index in [0.717, 1.165) is 22.4 Å². The normalized spacial score (nSPS) is 14.2. The van der Waals surface area contributed by atoms with E-state index >= 15 is 0 Å². The van der Waals surface area contributed by atoms with Crippen LogP contribution < -0.4 is 10.1 Å². The molecule has 4 heteroatoms. The van der Waals surface area contributed by atoms with Crippen LogP contribution in [-0.4, -0.2) is 29.3 Å². The molecule has 1 aromatic carbocycles. The zero-order chi connectivity index (χ0) is 15.5. The van der Waals surface area contributed by atoms with Crippen LogP contribution >= 0.6 is 0 Å². The molecule has 20 heavy (non-hydrogen) atoms. The monoisotopic (exact) mass is 279 g/mol. The fourth-order valence-corrected chi connectivity index (χ4v) is 2.18. The summed E-state index contributed by atoms with van der Waals surface area (Å²) in [7, 11) is 0. The van der Waals surface area contributed by atoms with E-state index in [-0.39, 0.29) is 12.6 Å². The Morgan fingerprint density at radius 2 is 1.95 bits per heavy atom. The van der Waals surface area contributed by atoms with E-state index in [1.54, 1.807) is 6.92 Å². The van der Waals surface area contributed by atoms with Gasteiger partial charge in [-0.2, -0.15) is 0 Å². The van der Waals surface area contributed by atoms with Gasteiger partial charge in [0.05, 0.1) is 0 Å². The molecule has 0 fully saturated rings. The van der Waals surface area contributed by atoms with Gasteiger partial charge >= 0.3 is 5.97 Å². The maximum Gasteiger partial charge on any atom is 0.327 e. The lowest BCUT2D eigenvalue weighted by Gasteiger charge is -2.29. The zero-order valence-corrected chi connectivity index (χ0v) is 13.2. The highest BCUT2D eigenvalue weighted by Crippen LogP contribution is 2.24. The molecular formula is C16H25NO3. The topological polar surface area (TPSA) is 58.6 Å². The van der Waals surface area contributed by atoms with E-state index in [1.165, 1.54) is 0 Å². The Morgan fingerprint density at radius 3 is 2.45 bits per heavy atom. The van der Waals surface area contributed by atoms with Gasteiger partial charge in [-0.25, -0.2) is 0 Å². The molecule has 0 radical (unpaired) electrons. The molecule has 0 aromatic heterocycles. The summed E-state index contributed by atoms with van der Waals surface area (Å²) in [5, 5.41) is 12.4. The number of carboxylic acid groups (broad SMARTS) is 1. The number of rotatable bonds is 6. The predicted octanol–water partition coefficient (Wildman–Crippen LogP) is 2.83. The lowest BCUT2D eigenvalue weighted by Crippen LogP contribution is -2.56. The van der Waals surface area contributed by atoms with Crippen LogP contribution in [0, 0.1) is 20.8 Å². The molecule has 0 aliphatic carbocycles. The minimum absolute atomic E-state index is 0.0695. The number of hydrogen-bond acceptors (Lipinski definition) is 3. The fourth-order valence-electron chi connectivity index (χ4n) is 2.18. The summed E-state index contributed by atoms with van der Waals surface area (Å²) < 4.78 is 5.78. The highest BCUT2D eigenvalue weighted by atomic mass is 16.5. The number of benzene rings is 1. The molecule has 4 nitrogen and oxygen atoms in total. The molecule has 0 spiro atoms. The Morgan fingerprint density at radius 1 is 1.35 bits per heavy atom. The lowest BCUT2D eigenvalue weighted by molar-refractivity contribution is -0.145. The van der Waals surface area contributed by atoms with E-state index in [0.29, 0.717) is 0 Å². The van der Waals surface area contributed by atoms with Crippen LogP contribution in [0.25, 0.3) is 0 Å². The van der Waals surface area contributed by atoms with Crippen molar-refractivity contribution in [2.24, 2.45) is 0 Å². The van der Waals surface area contributed by atoms with Crippen molar-refractivity contribution in [1.82, 2.24) is 5.32 Å². The highest BCUT2D eigenvalue weighted by Gasteiger charge is 2.34. The van der Waals surface area contributed by atoms with Crippen LogP contribution in [0.2, 0.25) is 0 Å². The summed E-state index contributed by atoms with van der Waals surface area (Å²) in [5.41, 5.74) is 2.21. The van der Waals surface area contributed by atoms with Gasteiger partial charge in [0.15, 0.2) is 0 Å². The number of hydrogen-bond donors (Lipinski definition) is 2. The average molecular weight is 279 g/mol. The summed E-state index contributed by atoms with van der Waals surface area (Å²) in [6.07, 6.45) is 0. The van der Waals surface area contributed by atoms with Crippen molar-refractivity contribution in [3.05, 3.63) is 28.8 Å². The third-order valence-electron chi connectivity index (χ3n) is 3.36. The van der Waals surface area contributed by atoms with Crippen molar-refractivity contribution < 1.29 is 14.6 Å². The van der Waals surface area contributed by atoms with Gasteiger partial charge in [0.2, 0.25) is 0 Å². The molecule has 0 aliphatic rings. The Kier molecular flexibility index (Phi) is 5.17. The lowest BCUT2D eigenvalue weighted by atomic mass is 10.0. The van der Waals surface area contributed by atoms with Crippen LogP contribution in [0.5, 0.6) is 5.75 Å². The summed E-state index contributed by atoms with van der Waals surface area (Å²) in [6.45, 7) is 11.6. The van der Waals surface area contributed by atoms with Crippen molar-refractivity contribution >= 4 is 5.97 Å². The van der Waals surface area contributed by atoms with Crippen molar-refractivity contribution in [2.45, 2.75) is 53.1 Å². The molecule has 1 aromatic rings. The Hall–Kier alpha value is -1.55. The van der Waals surface area contributed by atoms with Gasteiger partial charge in [-0.15, -0.1) is 0 Å². The second-order valence-electron chi connectivity index (χ2n) is 5.93. The first-order chi connectivity index (χ1) is 9.15. The van der Waals surface area contributed by atoms with Crippen molar-refractivity contribution in [3.63, 3.8) is 0 Å². The Balaban J connectivity index is 2.91. The maximum atomic E-state index is 11.5. The molecule has 0 aliphatic heterocycles. The number of carbonyl (C=O) groups is 1. The van der Waals surface area contributed by atoms with E-state index in [1.807, 2.05) is 40.7 Å². The molecule has 0 bridgehead atoms. The van der Waals surface area contributed by atoms with Gasteiger partial charge in [0.1, 0.15) is 17.9 Å². The van der Waals surface area contributed by atoms with Crippen LogP contribution in [-0.2, 0) is 4.79 Å². The van der Waals surface area contributed by atoms with Crippen LogP contribution in [0.15, 0.2) is 12.1 Å². The molecule has 1 unspecified atom stereocenters. The number of aliphatic carboxylic acids is 1. The van der Waals surface area contributed by atoms with Gasteiger partial charge in [-0.1, -0.05) is 6.07 Å². The smallest absolute Gasteiger partial charge is 0.327 e. The first-order valence-corrected chi connectivity index (χ1v) is 6.87. The molecule has 1 atom stereocenters. The second-order valence-corrected chi connectivity index (χ2v) is 5.93. The van der Waals surface area contributed by atoms with Crippen molar-refractivity contribution in [3.8, 4) is 5.75 Å². The summed E-state index contributed by atoms with van der Waals surface area (Å²) >= 11 is 0.